The molecule has 0 aliphatic rings. The maximum absolute atomic E-state index is 10.3. The molecular formula is C26H31ClN2O. The molecule has 0 aliphatic carbocycles. The molecule has 30 heavy (non-hydrogen) atoms. The van der Waals surface area contributed by atoms with E-state index < -0.39 is 5.54 Å². The van der Waals surface area contributed by atoms with Crippen molar-refractivity contribution < 1.29 is 5.11 Å². The van der Waals surface area contributed by atoms with Gasteiger partial charge in [-0.2, -0.15) is 0 Å². The first-order valence-corrected chi connectivity index (χ1v) is 10.9. The highest BCUT2D eigenvalue weighted by Gasteiger charge is 2.26. The van der Waals surface area contributed by atoms with Gasteiger partial charge in [-0.1, -0.05) is 63.6 Å². The van der Waals surface area contributed by atoms with Crippen molar-refractivity contribution in [3.8, 4) is 17.0 Å². The molecule has 3 rings (SSSR count). The number of para-hydroxylation sites is 1. The summed E-state index contributed by atoms with van der Waals surface area (Å²) in [6.45, 7) is 13.2. The molecule has 0 saturated heterocycles. The Bertz CT molecular complexity index is 1010. The van der Waals surface area contributed by atoms with Gasteiger partial charge in [0.15, 0.2) is 0 Å². The molecule has 1 heterocycles. The van der Waals surface area contributed by atoms with Crippen LogP contribution < -0.4 is 5.32 Å². The second-order valence-electron chi connectivity index (χ2n) is 8.94. The number of hydrogen-bond acceptors (Lipinski definition) is 3. The summed E-state index contributed by atoms with van der Waals surface area (Å²) in [5.41, 5.74) is 5.60. The maximum atomic E-state index is 10.3. The highest BCUT2D eigenvalue weighted by molar-refractivity contribution is 6.30. The zero-order chi connectivity index (χ0) is 22.1. The summed E-state index contributed by atoms with van der Waals surface area (Å²) in [5.74, 6) is 0.983. The normalized spacial score (nSPS) is 11.9. The molecule has 0 bridgehead atoms. The first kappa shape index (κ1) is 22.2. The Morgan fingerprint density at radius 2 is 1.50 bits per heavy atom. The molecule has 0 radical (unpaired) electrons. The molecule has 4 heteroatoms. The predicted octanol–water partition coefficient (Wildman–Crippen LogP) is 7.70. The molecule has 3 aromatic rings. The Balaban J connectivity index is 2.05. The van der Waals surface area contributed by atoms with Crippen LogP contribution in [0.1, 0.15) is 70.2 Å². The number of pyridine rings is 1. The van der Waals surface area contributed by atoms with Crippen molar-refractivity contribution in [2.45, 2.75) is 58.9 Å². The Hall–Kier alpha value is -2.52. The first-order chi connectivity index (χ1) is 14.1. The van der Waals surface area contributed by atoms with E-state index in [2.05, 4.69) is 65.1 Å². The molecule has 0 saturated carbocycles. The van der Waals surface area contributed by atoms with Crippen LogP contribution in [0.25, 0.3) is 11.3 Å². The molecule has 2 aromatic carbocycles. The van der Waals surface area contributed by atoms with Crippen molar-refractivity contribution >= 4 is 17.3 Å². The van der Waals surface area contributed by atoms with E-state index in [-0.39, 0.29) is 5.75 Å². The number of aromatic nitrogens is 1. The first-order valence-electron chi connectivity index (χ1n) is 10.5. The van der Waals surface area contributed by atoms with E-state index in [1.54, 1.807) is 18.2 Å². The number of phenols is 1. The smallest absolute Gasteiger partial charge is 0.125 e. The van der Waals surface area contributed by atoms with Gasteiger partial charge in [0.1, 0.15) is 5.75 Å². The van der Waals surface area contributed by atoms with Gasteiger partial charge in [0.2, 0.25) is 0 Å². The Morgan fingerprint density at radius 3 is 2.10 bits per heavy atom. The van der Waals surface area contributed by atoms with Crippen LogP contribution in [0.4, 0.5) is 5.69 Å². The van der Waals surface area contributed by atoms with Gasteiger partial charge in [-0.15, -0.1) is 0 Å². The molecule has 0 fully saturated rings. The van der Waals surface area contributed by atoms with Crippen LogP contribution in [0, 0.1) is 0 Å². The largest absolute Gasteiger partial charge is 0.507 e. The van der Waals surface area contributed by atoms with Crippen molar-refractivity contribution in [3.63, 3.8) is 0 Å². The van der Waals surface area contributed by atoms with Crippen molar-refractivity contribution in [3.05, 3.63) is 76.4 Å². The fourth-order valence-electron chi connectivity index (χ4n) is 3.72. The van der Waals surface area contributed by atoms with E-state index in [1.807, 2.05) is 18.2 Å². The summed E-state index contributed by atoms with van der Waals surface area (Å²) in [4.78, 5) is 4.88. The second kappa shape index (κ2) is 8.69. The van der Waals surface area contributed by atoms with E-state index in [0.717, 1.165) is 5.69 Å². The molecule has 0 aliphatic heterocycles. The van der Waals surface area contributed by atoms with Crippen LogP contribution in [0.2, 0.25) is 5.02 Å². The van der Waals surface area contributed by atoms with E-state index in [9.17, 15) is 5.11 Å². The average Bonchev–Trinajstić information content (AvgIpc) is 2.69. The molecule has 0 amide bonds. The average molecular weight is 423 g/mol. The lowest BCUT2D eigenvalue weighted by molar-refractivity contribution is 0.477. The fraction of sp³-hybridized carbons (Fsp3) is 0.346. The zero-order valence-electron chi connectivity index (χ0n) is 18.6. The summed E-state index contributed by atoms with van der Waals surface area (Å²) < 4.78 is 0. The molecule has 1 aromatic heterocycles. The van der Waals surface area contributed by atoms with Gasteiger partial charge in [0.25, 0.3) is 0 Å². The lowest BCUT2D eigenvalue weighted by Crippen LogP contribution is -2.30. The summed E-state index contributed by atoms with van der Waals surface area (Å²) in [6.07, 6.45) is 0. The van der Waals surface area contributed by atoms with E-state index in [0.29, 0.717) is 28.1 Å². The van der Waals surface area contributed by atoms with E-state index in [1.165, 1.54) is 16.8 Å². The quantitative estimate of drug-likeness (QED) is 0.427. The van der Waals surface area contributed by atoms with Crippen LogP contribution in [0.5, 0.6) is 5.75 Å². The Morgan fingerprint density at radius 1 is 0.900 bits per heavy atom. The van der Waals surface area contributed by atoms with Crippen LogP contribution >= 0.6 is 11.6 Å². The minimum absolute atomic E-state index is 0.169. The molecule has 2 N–H and O–H groups in total. The minimum Gasteiger partial charge on any atom is -0.507 e. The third kappa shape index (κ3) is 4.62. The van der Waals surface area contributed by atoms with E-state index >= 15 is 0 Å². The van der Waals surface area contributed by atoms with Crippen molar-refractivity contribution in [2.75, 3.05) is 5.32 Å². The third-order valence-corrected chi connectivity index (χ3v) is 5.67. The summed E-state index contributed by atoms with van der Waals surface area (Å²) in [6, 6.07) is 17.4. The molecule has 0 atom stereocenters. The molecule has 3 nitrogen and oxygen atoms in total. The van der Waals surface area contributed by atoms with Gasteiger partial charge in [0, 0.05) is 16.3 Å². The second-order valence-corrected chi connectivity index (χ2v) is 9.38. The molecular weight excluding hydrogens is 392 g/mol. The summed E-state index contributed by atoms with van der Waals surface area (Å²) in [5, 5.41) is 14.7. The van der Waals surface area contributed by atoms with Gasteiger partial charge in [-0.3, -0.25) is 4.98 Å². The van der Waals surface area contributed by atoms with Crippen LogP contribution in [0.3, 0.4) is 0 Å². The van der Waals surface area contributed by atoms with Crippen molar-refractivity contribution in [2.24, 2.45) is 0 Å². The molecule has 0 spiro atoms. The zero-order valence-corrected chi connectivity index (χ0v) is 19.4. The molecule has 0 unspecified atom stereocenters. The van der Waals surface area contributed by atoms with E-state index in [4.69, 9.17) is 16.6 Å². The lowest BCUT2D eigenvalue weighted by Gasteiger charge is -2.32. The van der Waals surface area contributed by atoms with Gasteiger partial charge in [-0.05, 0) is 67.1 Å². The van der Waals surface area contributed by atoms with Gasteiger partial charge in [0.05, 0.1) is 16.9 Å². The topological polar surface area (TPSA) is 45.1 Å². The monoisotopic (exact) mass is 422 g/mol. The van der Waals surface area contributed by atoms with Crippen LogP contribution in [-0.4, -0.2) is 10.1 Å². The number of benzene rings is 2. The number of phenolic OH excluding ortho intramolecular Hbond substituents is 1. The minimum atomic E-state index is -0.418. The van der Waals surface area contributed by atoms with Crippen molar-refractivity contribution in [1.29, 1.82) is 0 Å². The van der Waals surface area contributed by atoms with Gasteiger partial charge >= 0.3 is 0 Å². The number of aromatic hydroxyl groups is 1. The predicted molar refractivity (Wildman–Crippen MR) is 128 cm³/mol. The third-order valence-electron chi connectivity index (χ3n) is 5.43. The Labute approximate surface area is 185 Å². The molecule has 158 valence electrons. The Kier molecular flexibility index (Phi) is 6.42. The summed E-state index contributed by atoms with van der Waals surface area (Å²) in [7, 11) is 0. The lowest BCUT2D eigenvalue weighted by atomic mass is 9.90. The number of nitrogens with zero attached hydrogens (tertiary/aromatic N) is 1. The number of rotatable bonds is 6. The van der Waals surface area contributed by atoms with Gasteiger partial charge < -0.3 is 10.4 Å². The van der Waals surface area contributed by atoms with Crippen molar-refractivity contribution in [1.82, 2.24) is 4.98 Å². The number of hydrogen-bond donors (Lipinski definition) is 2. The SMILES string of the molecule is CC(C)c1cccc(C(C)C)c1NC(C)(C)c1cccc(-c2cc(Cl)ccc2O)n1. The summed E-state index contributed by atoms with van der Waals surface area (Å²) >= 11 is 6.15. The van der Waals surface area contributed by atoms with Gasteiger partial charge in [-0.25, -0.2) is 0 Å². The fourth-order valence-corrected chi connectivity index (χ4v) is 3.89. The highest BCUT2D eigenvalue weighted by Crippen LogP contribution is 2.37. The highest BCUT2D eigenvalue weighted by atomic mass is 35.5. The number of nitrogens with one attached hydrogen (secondary N) is 1. The van der Waals surface area contributed by atoms with Crippen LogP contribution in [-0.2, 0) is 5.54 Å². The number of anilines is 1. The van der Waals surface area contributed by atoms with Crippen LogP contribution in [0.15, 0.2) is 54.6 Å². The number of halogens is 1. The standard InChI is InChI=1S/C26H31ClN2O/c1-16(2)19-9-7-10-20(17(3)4)25(19)29-26(5,6)24-12-8-11-22(28-24)21-15-18(27)13-14-23(21)30/h7-17,29-30H,1-6H3. The maximum Gasteiger partial charge on any atom is 0.125 e.